The van der Waals surface area contributed by atoms with E-state index >= 15 is 0 Å². The maximum atomic E-state index is 12.0. The van der Waals surface area contributed by atoms with Gasteiger partial charge in [-0.25, -0.2) is 4.79 Å². The first kappa shape index (κ1) is 17.5. The largest absolute Gasteiger partial charge is 0.450 e. The zero-order valence-corrected chi connectivity index (χ0v) is 14.2. The van der Waals surface area contributed by atoms with Crippen molar-refractivity contribution in [3.63, 3.8) is 0 Å². The first-order chi connectivity index (χ1) is 11.5. The molecule has 1 atom stereocenters. The van der Waals surface area contributed by atoms with Gasteiger partial charge in [0.25, 0.3) is 5.91 Å². The van der Waals surface area contributed by atoms with Gasteiger partial charge in [0.05, 0.1) is 11.6 Å². The molecule has 0 radical (unpaired) electrons. The van der Waals surface area contributed by atoms with Crippen molar-refractivity contribution in [2.24, 2.45) is 0 Å². The lowest BCUT2D eigenvalue weighted by molar-refractivity contribution is -0.148. The van der Waals surface area contributed by atoms with Crippen LogP contribution in [0.2, 0.25) is 0 Å². The molecule has 1 aromatic heterocycles. The van der Waals surface area contributed by atoms with Crippen molar-refractivity contribution in [2.75, 3.05) is 5.32 Å². The summed E-state index contributed by atoms with van der Waals surface area (Å²) in [5.74, 6) is -0.687. The second-order valence-corrected chi connectivity index (χ2v) is 5.52. The number of carbonyl (C=O) groups is 2. The van der Waals surface area contributed by atoms with Crippen LogP contribution in [0.4, 0.5) is 5.69 Å². The number of rotatable bonds is 5. The number of furan rings is 1. The van der Waals surface area contributed by atoms with Gasteiger partial charge in [-0.15, -0.1) is 0 Å². The zero-order valence-electron chi connectivity index (χ0n) is 12.7. The molecule has 0 saturated carbocycles. The van der Waals surface area contributed by atoms with Gasteiger partial charge >= 0.3 is 5.97 Å². The minimum Gasteiger partial charge on any atom is -0.450 e. The molecule has 24 heavy (non-hydrogen) atoms. The molecule has 122 valence electrons. The van der Waals surface area contributed by atoms with E-state index in [0.717, 1.165) is 0 Å². The molecule has 0 fully saturated rings. The van der Waals surface area contributed by atoms with E-state index in [-0.39, 0.29) is 0 Å². The number of nitriles is 1. The molecule has 1 aromatic carbocycles. The normalized spacial score (nSPS) is 11.7. The van der Waals surface area contributed by atoms with Crippen molar-refractivity contribution in [1.82, 2.24) is 0 Å². The van der Waals surface area contributed by atoms with Gasteiger partial charge in [0, 0.05) is 11.8 Å². The molecule has 0 saturated heterocycles. The lowest BCUT2D eigenvalue weighted by Crippen LogP contribution is -2.29. The molecule has 6 nitrogen and oxygen atoms in total. The van der Waals surface area contributed by atoms with E-state index in [0.29, 0.717) is 21.7 Å². The smallest absolute Gasteiger partial charge is 0.331 e. The van der Waals surface area contributed by atoms with Gasteiger partial charge in [0.2, 0.25) is 0 Å². The molecular formula is C17H13BrN2O4. The first-order valence-electron chi connectivity index (χ1n) is 6.93. The number of hydrogen-bond donors (Lipinski definition) is 1. The summed E-state index contributed by atoms with van der Waals surface area (Å²) in [6.45, 7) is 1.46. The van der Waals surface area contributed by atoms with Crippen LogP contribution in [0.3, 0.4) is 0 Å². The zero-order chi connectivity index (χ0) is 17.5. The lowest BCUT2D eigenvalue weighted by Gasteiger charge is -2.12. The van der Waals surface area contributed by atoms with Gasteiger partial charge in [-0.1, -0.05) is 6.07 Å². The van der Waals surface area contributed by atoms with E-state index in [1.165, 1.54) is 25.1 Å². The highest BCUT2D eigenvalue weighted by molar-refractivity contribution is 9.10. The number of amides is 1. The monoisotopic (exact) mass is 388 g/mol. The molecule has 0 spiro atoms. The van der Waals surface area contributed by atoms with Crippen molar-refractivity contribution in [3.05, 3.63) is 58.5 Å². The molecule has 0 aliphatic heterocycles. The molecule has 0 aliphatic rings. The molecule has 0 aliphatic carbocycles. The average molecular weight is 389 g/mol. The maximum Gasteiger partial charge on any atom is 0.331 e. The Morgan fingerprint density at radius 2 is 2.17 bits per heavy atom. The second kappa shape index (κ2) is 8.13. The Balaban J connectivity index is 1.89. The number of anilines is 1. The van der Waals surface area contributed by atoms with Gasteiger partial charge in [-0.3, -0.25) is 4.79 Å². The standard InChI is InChI=1S/C17H13BrN2O4/c1-11(17(22)20-13-4-2-3-12(9-13)10-19)23-16(21)8-6-14-5-7-15(18)24-14/h2-9,11H,1H3,(H,20,22)/b8-6+/t11-/m1/s1. The Bertz CT molecular complexity index is 820. The summed E-state index contributed by atoms with van der Waals surface area (Å²) in [6, 6.07) is 11.8. The van der Waals surface area contributed by atoms with E-state index in [2.05, 4.69) is 21.2 Å². The molecule has 0 unspecified atom stereocenters. The number of hydrogen-bond acceptors (Lipinski definition) is 5. The van der Waals surface area contributed by atoms with Crippen molar-refractivity contribution in [2.45, 2.75) is 13.0 Å². The van der Waals surface area contributed by atoms with E-state index in [4.69, 9.17) is 14.4 Å². The fourth-order valence-corrected chi connectivity index (χ4v) is 2.06. The van der Waals surface area contributed by atoms with Gasteiger partial charge in [0.15, 0.2) is 10.8 Å². The van der Waals surface area contributed by atoms with Crippen LogP contribution in [-0.2, 0) is 14.3 Å². The number of benzene rings is 1. The van der Waals surface area contributed by atoms with E-state index in [1.807, 2.05) is 6.07 Å². The van der Waals surface area contributed by atoms with Crippen molar-refractivity contribution in [3.8, 4) is 6.07 Å². The predicted octanol–water partition coefficient (Wildman–Crippen LogP) is 3.50. The number of carbonyl (C=O) groups excluding carboxylic acids is 2. The minimum absolute atomic E-state index is 0.421. The summed E-state index contributed by atoms with van der Waals surface area (Å²) in [4.78, 5) is 23.7. The van der Waals surface area contributed by atoms with Gasteiger partial charge in [0.1, 0.15) is 5.76 Å². The molecular weight excluding hydrogens is 376 g/mol. The molecule has 2 rings (SSSR count). The Hall–Kier alpha value is -2.85. The van der Waals surface area contributed by atoms with Crippen LogP contribution < -0.4 is 5.32 Å². The highest BCUT2D eigenvalue weighted by Gasteiger charge is 2.16. The van der Waals surface area contributed by atoms with Crippen LogP contribution in [0.25, 0.3) is 6.08 Å². The summed E-state index contributed by atoms with van der Waals surface area (Å²) in [6.07, 6.45) is 1.62. The van der Waals surface area contributed by atoms with Crippen LogP contribution >= 0.6 is 15.9 Å². The van der Waals surface area contributed by atoms with E-state index in [9.17, 15) is 9.59 Å². The molecule has 1 heterocycles. The van der Waals surface area contributed by atoms with Crippen LogP contribution in [0.1, 0.15) is 18.2 Å². The highest BCUT2D eigenvalue weighted by atomic mass is 79.9. The Kier molecular flexibility index (Phi) is 5.93. The summed E-state index contributed by atoms with van der Waals surface area (Å²) >= 11 is 3.15. The number of nitrogens with one attached hydrogen (secondary N) is 1. The number of halogens is 1. The fourth-order valence-electron chi connectivity index (χ4n) is 1.75. The van der Waals surface area contributed by atoms with Gasteiger partial charge in [-0.2, -0.15) is 5.26 Å². The van der Waals surface area contributed by atoms with Crippen LogP contribution in [-0.4, -0.2) is 18.0 Å². The third kappa shape index (κ3) is 5.11. The summed E-state index contributed by atoms with van der Waals surface area (Å²) < 4.78 is 10.8. The third-order valence-electron chi connectivity index (χ3n) is 2.90. The maximum absolute atomic E-state index is 12.0. The summed E-state index contributed by atoms with van der Waals surface area (Å²) in [7, 11) is 0. The van der Waals surface area contributed by atoms with Crippen molar-refractivity contribution in [1.29, 1.82) is 5.26 Å². The number of ether oxygens (including phenoxy) is 1. The van der Waals surface area contributed by atoms with Crippen molar-refractivity contribution < 1.29 is 18.7 Å². The topological polar surface area (TPSA) is 92.3 Å². The molecule has 0 bridgehead atoms. The Morgan fingerprint density at radius 3 is 2.83 bits per heavy atom. The summed E-state index contributed by atoms with van der Waals surface area (Å²) in [5.41, 5.74) is 0.878. The van der Waals surface area contributed by atoms with E-state index in [1.54, 1.807) is 30.3 Å². The van der Waals surface area contributed by atoms with Gasteiger partial charge < -0.3 is 14.5 Å². The Labute approximate surface area is 146 Å². The minimum atomic E-state index is -0.990. The quantitative estimate of drug-likeness (QED) is 0.624. The fraction of sp³-hybridized carbons (Fsp3) is 0.118. The first-order valence-corrected chi connectivity index (χ1v) is 7.72. The molecule has 1 N–H and O–H groups in total. The van der Waals surface area contributed by atoms with Gasteiger partial charge in [-0.05, 0) is 59.3 Å². The average Bonchev–Trinajstić information content (AvgIpc) is 2.98. The number of nitrogens with zero attached hydrogens (tertiary/aromatic N) is 1. The second-order valence-electron chi connectivity index (χ2n) is 4.74. The Morgan fingerprint density at radius 1 is 1.38 bits per heavy atom. The molecule has 1 amide bonds. The SMILES string of the molecule is C[C@@H](OC(=O)/C=C/c1ccc(Br)o1)C(=O)Nc1cccc(C#N)c1. The molecule has 7 heteroatoms. The lowest BCUT2D eigenvalue weighted by atomic mass is 10.2. The van der Waals surface area contributed by atoms with Crippen molar-refractivity contribution >= 4 is 39.6 Å². The predicted molar refractivity (Wildman–Crippen MR) is 90.8 cm³/mol. The highest BCUT2D eigenvalue weighted by Crippen LogP contribution is 2.15. The van der Waals surface area contributed by atoms with Crippen LogP contribution in [0.5, 0.6) is 0 Å². The number of esters is 1. The van der Waals surface area contributed by atoms with Crippen LogP contribution in [0, 0.1) is 11.3 Å². The van der Waals surface area contributed by atoms with E-state index < -0.39 is 18.0 Å². The molecule has 2 aromatic rings. The summed E-state index contributed by atoms with van der Waals surface area (Å²) in [5, 5.41) is 11.4. The third-order valence-corrected chi connectivity index (χ3v) is 3.33. The van der Waals surface area contributed by atoms with Crippen LogP contribution in [0.15, 0.2) is 51.6 Å².